The first-order valence-electron chi connectivity index (χ1n) is 7.97. The molecule has 0 spiro atoms. The average molecular weight is 307 g/mol. The minimum Gasteiger partial charge on any atom is -0.477 e. The van der Waals surface area contributed by atoms with E-state index in [4.69, 9.17) is 4.74 Å². The van der Waals surface area contributed by atoms with Crippen LogP contribution in [0.5, 0.6) is 5.88 Å². The Morgan fingerprint density at radius 2 is 1.95 bits per heavy atom. The van der Waals surface area contributed by atoms with Gasteiger partial charge in [0.2, 0.25) is 11.8 Å². The highest BCUT2D eigenvalue weighted by atomic mass is 32.1. The minimum atomic E-state index is 0.674. The highest BCUT2D eigenvalue weighted by molar-refractivity contribution is 7.16. The molecule has 0 aliphatic carbocycles. The van der Waals surface area contributed by atoms with Crippen molar-refractivity contribution in [1.82, 2.24) is 9.97 Å². The molecule has 0 saturated carbocycles. The molecule has 1 N–H and O–H groups in total. The molecule has 0 fully saturated rings. The first kappa shape index (κ1) is 16.0. The van der Waals surface area contributed by atoms with Crippen molar-refractivity contribution < 1.29 is 4.74 Å². The third-order valence-corrected chi connectivity index (χ3v) is 4.12. The van der Waals surface area contributed by atoms with Crippen LogP contribution in [0.4, 0.5) is 5.95 Å². The Morgan fingerprint density at radius 1 is 1.10 bits per heavy atom. The predicted molar refractivity (Wildman–Crippen MR) is 90.4 cm³/mol. The van der Waals surface area contributed by atoms with E-state index in [2.05, 4.69) is 29.1 Å². The zero-order chi connectivity index (χ0) is 14.9. The minimum absolute atomic E-state index is 0.674. The van der Waals surface area contributed by atoms with Crippen molar-refractivity contribution in [3.63, 3.8) is 0 Å². The van der Waals surface area contributed by atoms with Crippen LogP contribution in [0.3, 0.4) is 0 Å². The van der Waals surface area contributed by atoms with Crippen molar-refractivity contribution >= 4 is 27.5 Å². The molecule has 2 heterocycles. The maximum atomic E-state index is 5.89. The summed E-state index contributed by atoms with van der Waals surface area (Å²) < 4.78 is 5.89. The lowest BCUT2D eigenvalue weighted by molar-refractivity contribution is 0.297. The molecule has 5 heteroatoms. The Hall–Kier alpha value is -1.36. The van der Waals surface area contributed by atoms with Crippen LogP contribution in [0.2, 0.25) is 0 Å². The predicted octanol–water partition coefficient (Wildman–Crippen LogP) is 4.86. The van der Waals surface area contributed by atoms with E-state index in [1.165, 1.54) is 25.7 Å². The number of thiophene rings is 1. The number of ether oxygens (including phenoxy) is 1. The van der Waals surface area contributed by atoms with Gasteiger partial charge in [0.15, 0.2) is 0 Å². The van der Waals surface area contributed by atoms with Crippen LogP contribution in [0, 0.1) is 0 Å². The van der Waals surface area contributed by atoms with Crippen LogP contribution >= 0.6 is 11.3 Å². The second-order valence-electron chi connectivity index (χ2n) is 5.18. The average Bonchev–Trinajstić information content (AvgIpc) is 2.97. The van der Waals surface area contributed by atoms with Gasteiger partial charge in [-0.25, -0.2) is 4.98 Å². The molecule has 2 aromatic rings. The maximum Gasteiger partial charge on any atom is 0.227 e. The third kappa shape index (κ3) is 4.84. The number of anilines is 1. The lowest BCUT2D eigenvalue weighted by Crippen LogP contribution is -2.06. The van der Waals surface area contributed by atoms with Gasteiger partial charge in [0.1, 0.15) is 4.83 Å². The monoisotopic (exact) mass is 307 g/mol. The van der Waals surface area contributed by atoms with Crippen molar-refractivity contribution in [3.05, 3.63) is 11.4 Å². The fraction of sp³-hybridized carbons (Fsp3) is 0.625. The van der Waals surface area contributed by atoms with Gasteiger partial charge in [0.25, 0.3) is 0 Å². The van der Waals surface area contributed by atoms with E-state index in [-0.39, 0.29) is 0 Å². The smallest absolute Gasteiger partial charge is 0.227 e. The maximum absolute atomic E-state index is 5.89. The van der Waals surface area contributed by atoms with E-state index >= 15 is 0 Å². The van der Waals surface area contributed by atoms with Crippen LogP contribution in [0.1, 0.15) is 52.4 Å². The zero-order valence-corrected chi connectivity index (χ0v) is 13.8. The molecule has 0 aliphatic rings. The molecule has 0 amide bonds. The second-order valence-corrected chi connectivity index (χ2v) is 6.08. The lowest BCUT2D eigenvalue weighted by Gasteiger charge is -2.09. The van der Waals surface area contributed by atoms with Gasteiger partial charge in [-0.15, -0.1) is 11.3 Å². The molecule has 21 heavy (non-hydrogen) atoms. The fourth-order valence-corrected chi connectivity index (χ4v) is 2.88. The molecule has 0 radical (unpaired) electrons. The Morgan fingerprint density at radius 3 is 2.76 bits per heavy atom. The summed E-state index contributed by atoms with van der Waals surface area (Å²) in [5, 5.41) is 6.30. The molecular weight excluding hydrogens is 282 g/mol. The van der Waals surface area contributed by atoms with E-state index in [1.54, 1.807) is 11.3 Å². The summed E-state index contributed by atoms with van der Waals surface area (Å²) in [7, 11) is 0. The summed E-state index contributed by atoms with van der Waals surface area (Å²) in [6.45, 7) is 5.98. The number of fused-ring (bicyclic) bond motifs is 1. The van der Waals surface area contributed by atoms with Gasteiger partial charge >= 0.3 is 0 Å². The Labute approximate surface area is 131 Å². The lowest BCUT2D eigenvalue weighted by atomic mass is 10.2. The normalized spacial score (nSPS) is 11.0. The molecule has 0 atom stereocenters. The first-order valence-corrected chi connectivity index (χ1v) is 8.85. The highest BCUT2D eigenvalue weighted by Crippen LogP contribution is 2.28. The number of aromatic nitrogens is 2. The topological polar surface area (TPSA) is 47.0 Å². The van der Waals surface area contributed by atoms with E-state index in [0.29, 0.717) is 5.95 Å². The summed E-state index contributed by atoms with van der Waals surface area (Å²) in [6.07, 6.45) is 7.25. The van der Waals surface area contributed by atoms with Crippen LogP contribution in [0.15, 0.2) is 11.4 Å². The van der Waals surface area contributed by atoms with E-state index in [0.717, 1.165) is 42.1 Å². The largest absolute Gasteiger partial charge is 0.477 e. The summed E-state index contributed by atoms with van der Waals surface area (Å²) in [5.41, 5.74) is 0. The Kier molecular flexibility index (Phi) is 6.73. The molecule has 0 aromatic carbocycles. The number of rotatable bonds is 10. The molecule has 116 valence electrons. The number of nitrogens with zero attached hydrogens (tertiary/aromatic N) is 2. The van der Waals surface area contributed by atoms with E-state index < -0.39 is 0 Å². The van der Waals surface area contributed by atoms with Crippen LogP contribution in [-0.4, -0.2) is 23.1 Å². The van der Waals surface area contributed by atoms with Gasteiger partial charge in [0.05, 0.1) is 12.0 Å². The quantitative estimate of drug-likeness (QED) is 0.637. The van der Waals surface area contributed by atoms with Gasteiger partial charge in [-0.2, -0.15) is 4.98 Å². The second kappa shape index (κ2) is 8.82. The Bertz CT molecular complexity index is 541. The van der Waals surface area contributed by atoms with Crippen molar-refractivity contribution in [2.75, 3.05) is 18.5 Å². The summed E-state index contributed by atoms with van der Waals surface area (Å²) in [6, 6.07) is 2.04. The van der Waals surface area contributed by atoms with Crippen LogP contribution in [0.25, 0.3) is 10.2 Å². The van der Waals surface area contributed by atoms with Crippen LogP contribution < -0.4 is 10.1 Å². The SMILES string of the molecule is CCCCCCCOc1nc(NCCC)nc2sccc12. The number of hydrogen-bond donors (Lipinski definition) is 1. The summed E-state index contributed by atoms with van der Waals surface area (Å²) in [5.74, 6) is 1.39. The standard InChI is InChI=1S/C16H25N3OS/c1-3-5-6-7-8-11-20-14-13-9-12-21-15(13)19-16(18-14)17-10-4-2/h9,12H,3-8,10-11H2,1-2H3,(H,17,18,19). The van der Waals surface area contributed by atoms with Gasteiger partial charge < -0.3 is 10.1 Å². The molecule has 0 unspecified atom stereocenters. The molecule has 0 bridgehead atoms. The molecule has 0 aliphatic heterocycles. The molecular formula is C16H25N3OS. The van der Waals surface area contributed by atoms with E-state index in [1.807, 2.05) is 11.4 Å². The van der Waals surface area contributed by atoms with Crippen molar-refractivity contribution in [2.24, 2.45) is 0 Å². The molecule has 0 saturated heterocycles. The van der Waals surface area contributed by atoms with Gasteiger partial charge in [0, 0.05) is 6.54 Å². The molecule has 2 rings (SSSR count). The summed E-state index contributed by atoms with van der Waals surface area (Å²) in [4.78, 5) is 10.0. The first-order chi connectivity index (χ1) is 10.3. The van der Waals surface area contributed by atoms with Crippen molar-refractivity contribution in [1.29, 1.82) is 0 Å². The molecule has 2 aromatic heterocycles. The Balaban J connectivity index is 1.95. The highest BCUT2D eigenvalue weighted by Gasteiger charge is 2.09. The van der Waals surface area contributed by atoms with Crippen molar-refractivity contribution in [2.45, 2.75) is 52.4 Å². The van der Waals surface area contributed by atoms with E-state index in [9.17, 15) is 0 Å². The fourth-order valence-electron chi connectivity index (χ4n) is 2.13. The number of nitrogens with one attached hydrogen (secondary N) is 1. The number of unbranched alkanes of at least 4 members (excludes halogenated alkanes) is 4. The van der Waals surface area contributed by atoms with Gasteiger partial charge in [-0.3, -0.25) is 0 Å². The molecule has 4 nitrogen and oxygen atoms in total. The zero-order valence-electron chi connectivity index (χ0n) is 13.0. The number of hydrogen-bond acceptors (Lipinski definition) is 5. The van der Waals surface area contributed by atoms with Gasteiger partial charge in [-0.05, 0) is 24.3 Å². The summed E-state index contributed by atoms with van der Waals surface area (Å²) >= 11 is 1.63. The van der Waals surface area contributed by atoms with Crippen LogP contribution in [-0.2, 0) is 0 Å². The third-order valence-electron chi connectivity index (χ3n) is 3.31. The van der Waals surface area contributed by atoms with Crippen molar-refractivity contribution in [3.8, 4) is 5.88 Å². The van der Waals surface area contributed by atoms with Gasteiger partial charge in [-0.1, -0.05) is 39.5 Å².